The molecule has 1 atom stereocenters. The highest BCUT2D eigenvalue weighted by atomic mass is 19.1. The van der Waals surface area contributed by atoms with Crippen molar-refractivity contribution in [2.24, 2.45) is 0 Å². The number of aliphatic hydroxyl groups is 1. The number of aryl methyl sites for hydroxylation is 1. The molecule has 1 N–H and O–H groups in total. The van der Waals surface area contributed by atoms with Gasteiger partial charge in [-0.3, -0.25) is 0 Å². The van der Waals surface area contributed by atoms with Crippen LogP contribution in [0.3, 0.4) is 0 Å². The van der Waals surface area contributed by atoms with Crippen LogP contribution >= 0.6 is 0 Å². The zero-order valence-electron chi connectivity index (χ0n) is 14.5. The average molecular weight is 322 g/mol. The molecule has 3 nitrogen and oxygen atoms in total. The zero-order chi connectivity index (χ0) is 17.4. The van der Waals surface area contributed by atoms with Crippen LogP contribution in [0.4, 0.5) is 4.39 Å². The minimum absolute atomic E-state index is 0.0194. The molecule has 1 aromatic carbocycles. The Kier molecular flexibility index (Phi) is 7.83. The van der Waals surface area contributed by atoms with Gasteiger partial charge in [-0.05, 0) is 50.3 Å². The van der Waals surface area contributed by atoms with Gasteiger partial charge in [0.25, 0.3) is 0 Å². The molecule has 1 unspecified atom stereocenters. The van der Waals surface area contributed by atoms with E-state index in [2.05, 4.69) is 6.58 Å². The summed E-state index contributed by atoms with van der Waals surface area (Å²) in [5.41, 5.74) is 2.24. The van der Waals surface area contributed by atoms with E-state index in [0.717, 1.165) is 30.4 Å². The summed E-state index contributed by atoms with van der Waals surface area (Å²) in [6.07, 6.45) is 6.53. The van der Waals surface area contributed by atoms with E-state index < -0.39 is 0 Å². The Morgan fingerprint density at radius 3 is 2.57 bits per heavy atom. The van der Waals surface area contributed by atoms with Crippen LogP contribution in [0.15, 0.2) is 30.4 Å². The Labute approximate surface area is 138 Å². The standard InChI is InChI=1S/C16H21FO3.C3H6/c1-10-7-13(19-2)14(16(20-3)15(10)17)12-6-4-5-11(8-12)9-18;1-3-2/h7-8,12,18H,4-6,9H2,1-3H3;3H,1H2,2H3. The van der Waals surface area contributed by atoms with Crippen LogP contribution in [0.5, 0.6) is 11.5 Å². The summed E-state index contributed by atoms with van der Waals surface area (Å²) in [6.45, 7) is 7.00. The van der Waals surface area contributed by atoms with Gasteiger partial charge in [-0.2, -0.15) is 0 Å². The topological polar surface area (TPSA) is 38.7 Å². The Hall–Kier alpha value is -1.81. The van der Waals surface area contributed by atoms with Crippen LogP contribution < -0.4 is 9.47 Å². The molecule has 0 saturated carbocycles. The molecule has 23 heavy (non-hydrogen) atoms. The van der Waals surface area contributed by atoms with E-state index in [1.165, 1.54) is 7.11 Å². The van der Waals surface area contributed by atoms with E-state index in [4.69, 9.17) is 9.47 Å². The predicted molar refractivity (Wildman–Crippen MR) is 91.9 cm³/mol. The number of hydrogen-bond acceptors (Lipinski definition) is 3. The highest BCUT2D eigenvalue weighted by Gasteiger charge is 2.26. The van der Waals surface area contributed by atoms with Gasteiger partial charge in [-0.15, -0.1) is 6.58 Å². The first kappa shape index (κ1) is 19.2. The molecule has 4 heteroatoms. The van der Waals surface area contributed by atoms with E-state index in [0.29, 0.717) is 11.3 Å². The smallest absolute Gasteiger partial charge is 0.168 e. The van der Waals surface area contributed by atoms with E-state index in [1.807, 2.05) is 13.0 Å². The van der Waals surface area contributed by atoms with Gasteiger partial charge in [0.1, 0.15) is 5.75 Å². The van der Waals surface area contributed by atoms with Crippen molar-refractivity contribution in [3.63, 3.8) is 0 Å². The van der Waals surface area contributed by atoms with Crippen LogP contribution in [0.2, 0.25) is 0 Å². The molecule has 0 saturated heterocycles. The molecule has 1 aliphatic carbocycles. The van der Waals surface area contributed by atoms with Crippen LogP contribution in [0, 0.1) is 12.7 Å². The van der Waals surface area contributed by atoms with Gasteiger partial charge in [-0.25, -0.2) is 4.39 Å². The first-order valence-electron chi connectivity index (χ1n) is 7.82. The Morgan fingerprint density at radius 1 is 1.39 bits per heavy atom. The largest absolute Gasteiger partial charge is 0.496 e. The Balaban J connectivity index is 0.000000816. The van der Waals surface area contributed by atoms with Crippen molar-refractivity contribution in [3.8, 4) is 11.5 Å². The Bertz CT molecular complexity index is 564. The molecule has 0 spiro atoms. The maximum atomic E-state index is 14.3. The lowest BCUT2D eigenvalue weighted by molar-refractivity contribution is 0.320. The van der Waals surface area contributed by atoms with Gasteiger partial charge in [-0.1, -0.05) is 12.2 Å². The van der Waals surface area contributed by atoms with Gasteiger partial charge >= 0.3 is 0 Å². The third-order valence-corrected chi connectivity index (χ3v) is 3.85. The number of ether oxygens (including phenoxy) is 2. The molecule has 0 heterocycles. The third kappa shape index (κ3) is 4.58. The van der Waals surface area contributed by atoms with Crippen molar-refractivity contribution >= 4 is 0 Å². The highest BCUT2D eigenvalue weighted by Crippen LogP contribution is 2.43. The summed E-state index contributed by atoms with van der Waals surface area (Å²) < 4.78 is 24.9. The summed E-state index contributed by atoms with van der Waals surface area (Å²) in [5.74, 6) is 0.571. The quantitative estimate of drug-likeness (QED) is 0.828. The highest BCUT2D eigenvalue weighted by molar-refractivity contribution is 5.53. The van der Waals surface area contributed by atoms with Crippen molar-refractivity contribution < 1.29 is 19.0 Å². The summed E-state index contributed by atoms with van der Waals surface area (Å²) in [4.78, 5) is 0. The minimum Gasteiger partial charge on any atom is -0.496 e. The first-order chi connectivity index (χ1) is 11.0. The van der Waals surface area contributed by atoms with Crippen LogP contribution in [-0.4, -0.2) is 25.9 Å². The summed E-state index contributed by atoms with van der Waals surface area (Å²) in [7, 11) is 3.05. The maximum Gasteiger partial charge on any atom is 0.168 e. The zero-order valence-corrected chi connectivity index (χ0v) is 14.5. The first-order valence-corrected chi connectivity index (χ1v) is 7.82. The molecule has 0 fully saturated rings. The molecule has 2 rings (SSSR count). The number of methoxy groups -OCH3 is 2. The van der Waals surface area contributed by atoms with Crippen molar-refractivity contribution in [1.82, 2.24) is 0 Å². The molecular weight excluding hydrogens is 295 g/mol. The number of benzene rings is 1. The van der Waals surface area contributed by atoms with Crippen molar-refractivity contribution in [2.75, 3.05) is 20.8 Å². The number of aliphatic hydroxyl groups excluding tert-OH is 1. The second-order valence-corrected chi connectivity index (χ2v) is 5.55. The summed E-state index contributed by atoms with van der Waals surface area (Å²) >= 11 is 0. The molecule has 0 amide bonds. The maximum absolute atomic E-state index is 14.3. The number of allylic oxidation sites excluding steroid dienone is 2. The summed E-state index contributed by atoms with van der Waals surface area (Å²) in [6, 6.07) is 1.70. The second-order valence-electron chi connectivity index (χ2n) is 5.55. The van der Waals surface area contributed by atoms with E-state index in [1.54, 1.807) is 26.2 Å². The van der Waals surface area contributed by atoms with E-state index >= 15 is 0 Å². The molecule has 0 radical (unpaired) electrons. The molecule has 0 aliphatic heterocycles. The van der Waals surface area contributed by atoms with Crippen LogP contribution in [0.25, 0.3) is 0 Å². The lowest BCUT2D eigenvalue weighted by Crippen LogP contribution is -2.10. The second kappa shape index (κ2) is 9.36. The van der Waals surface area contributed by atoms with Crippen molar-refractivity contribution in [1.29, 1.82) is 0 Å². The fourth-order valence-electron chi connectivity index (χ4n) is 2.83. The molecule has 1 aromatic rings. The average Bonchev–Trinajstić information content (AvgIpc) is 2.57. The number of hydrogen-bond donors (Lipinski definition) is 1. The molecule has 1 aliphatic rings. The van der Waals surface area contributed by atoms with Crippen molar-refractivity contribution in [3.05, 3.63) is 47.3 Å². The van der Waals surface area contributed by atoms with Crippen LogP contribution in [-0.2, 0) is 0 Å². The van der Waals surface area contributed by atoms with E-state index in [-0.39, 0.29) is 24.1 Å². The predicted octanol–water partition coefficient (Wildman–Crippen LogP) is 4.53. The normalized spacial score (nSPS) is 16.8. The minimum atomic E-state index is -0.340. The summed E-state index contributed by atoms with van der Waals surface area (Å²) in [5, 5.41) is 9.30. The van der Waals surface area contributed by atoms with Gasteiger partial charge in [0.05, 0.1) is 20.8 Å². The van der Waals surface area contributed by atoms with Gasteiger partial charge in [0.2, 0.25) is 0 Å². The SMILES string of the molecule is C=CC.COc1cc(C)c(F)c(OC)c1C1C=C(CO)CCC1. The molecule has 0 bridgehead atoms. The number of rotatable bonds is 4. The molecular formula is C19H27FO3. The number of halogens is 1. The fourth-order valence-corrected chi connectivity index (χ4v) is 2.83. The molecule has 128 valence electrons. The van der Waals surface area contributed by atoms with Gasteiger partial charge in [0.15, 0.2) is 11.6 Å². The van der Waals surface area contributed by atoms with Crippen LogP contribution in [0.1, 0.15) is 43.2 Å². The van der Waals surface area contributed by atoms with Gasteiger partial charge in [0, 0.05) is 11.5 Å². The van der Waals surface area contributed by atoms with Crippen molar-refractivity contribution in [2.45, 2.75) is 39.0 Å². The lowest BCUT2D eigenvalue weighted by Gasteiger charge is -2.25. The van der Waals surface area contributed by atoms with Gasteiger partial charge < -0.3 is 14.6 Å². The monoisotopic (exact) mass is 322 g/mol. The lowest BCUT2D eigenvalue weighted by atomic mass is 9.84. The molecule has 0 aromatic heterocycles. The Morgan fingerprint density at radius 2 is 2.04 bits per heavy atom. The fraction of sp³-hybridized carbons (Fsp3) is 0.474. The van der Waals surface area contributed by atoms with E-state index in [9.17, 15) is 9.50 Å². The third-order valence-electron chi connectivity index (χ3n) is 3.85.